The van der Waals surface area contributed by atoms with E-state index in [1.807, 2.05) is 0 Å². The number of sulfonamides is 1. The number of ether oxygens (including phenoxy) is 1. The van der Waals surface area contributed by atoms with E-state index in [0.717, 1.165) is 0 Å². The first-order chi connectivity index (χ1) is 11.4. The van der Waals surface area contributed by atoms with Crippen molar-refractivity contribution in [2.75, 3.05) is 22.9 Å². The highest BCUT2D eigenvalue weighted by Gasteiger charge is 2.14. The van der Waals surface area contributed by atoms with E-state index < -0.39 is 10.0 Å². The molecule has 2 rings (SSSR count). The van der Waals surface area contributed by atoms with Gasteiger partial charge in [-0.25, -0.2) is 8.42 Å². The number of hydrogen-bond donors (Lipinski definition) is 3. The monoisotopic (exact) mass is 389 g/mol. The maximum absolute atomic E-state index is 12.1. The van der Waals surface area contributed by atoms with Crippen molar-refractivity contribution < 1.29 is 22.4 Å². The molecule has 0 unspecified atom stereocenters. The Morgan fingerprint density at radius 3 is 2.60 bits per heavy atom. The Morgan fingerprint density at radius 1 is 1.32 bits per heavy atom. The molecule has 0 aliphatic rings. The topological polar surface area (TPSA) is 124 Å². The second-order valence-electron chi connectivity index (χ2n) is 4.88. The molecule has 10 heteroatoms. The second kappa shape index (κ2) is 8.75. The molecule has 1 aromatic heterocycles. The molecule has 138 valence electrons. The van der Waals surface area contributed by atoms with Crippen LogP contribution in [-0.2, 0) is 16.6 Å². The SMILES string of the molecule is CCS(=O)(=O)Nc1ccc(NC(=O)c2coc(CN)c2)cc1OC.Cl. The lowest BCUT2D eigenvalue weighted by Crippen LogP contribution is -2.15. The average molecular weight is 390 g/mol. The summed E-state index contributed by atoms with van der Waals surface area (Å²) in [7, 11) is -2.01. The van der Waals surface area contributed by atoms with Crippen LogP contribution in [0, 0.1) is 0 Å². The van der Waals surface area contributed by atoms with Crippen LogP contribution >= 0.6 is 12.4 Å². The van der Waals surface area contributed by atoms with Crippen LogP contribution in [0.25, 0.3) is 0 Å². The molecule has 2 aromatic rings. The molecule has 0 aliphatic carbocycles. The minimum absolute atomic E-state index is 0. The summed E-state index contributed by atoms with van der Waals surface area (Å²) >= 11 is 0. The Bertz CT molecular complexity index is 835. The smallest absolute Gasteiger partial charge is 0.258 e. The molecule has 4 N–H and O–H groups in total. The van der Waals surface area contributed by atoms with Gasteiger partial charge >= 0.3 is 0 Å². The Labute approximate surface area is 152 Å². The fraction of sp³-hybridized carbons (Fsp3) is 0.267. The highest BCUT2D eigenvalue weighted by molar-refractivity contribution is 7.92. The molecular formula is C15H20ClN3O5S. The molecule has 25 heavy (non-hydrogen) atoms. The quantitative estimate of drug-likeness (QED) is 0.666. The van der Waals surface area contributed by atoms with Crippen LogP contribution < -0.4 is 20.5 Å². The van der Waals surface area contributed by atoms with Crippen molar-refractivity contribution in [1.82, 2.24) is 0 Å². The van der Waals surface area contributed by atoms with E-state index in [4.69, 9.17) is 14.9 Å². The predicted molar refractivity (Wildman–Crippen MR) is 97.9 cm³/mol. The zero-order chi connectivity index (χ0) is 17.7. The zero-order valence-electron chi connectivity index (χ0n) is 13.7. The molecule has 1 heterocycles. The van der Waals surface area contributed by atoms with Crippen molar-refractivity contribution in [3.8, 4) is 5.75 Å². The van der Waals surface area contributed by atoms with Gasteiger partial charge < -0.3 is 20.2 Å². The number of nitrogens with one attached hydrogen (secondary N) is 2. The predicted octanol–water partition coefficient (Wildman–Crippen LogP) is 2.18. The number of nitrogens with two attached hydrogens (primary N) is 1. The Hall–Kier alpha value is -2.23. The first-order valence-electron chi connectivity index (χ1n) is 7.16. The van der Waals surface area contributed by atoms with Gasteiger partial charge in [0.1, 0.15) is 17.8 Å². The van der Waals surface area contributed by atoms with E-state index in [2.05, 4.69) is 10.0 Å². The van der Waals surface area contributed by atoms with Crippen LogP contribution in [0.2, 0.25) is 0 Å². The maximum Gasteiger partial charge on any atom is 0.258 e. The van der Waals surface area contributed by atoms with Crippen molar-refractivity contribution in [3.63, 3.8) is 0 Å². The van der Waals surface area contributed by atoms with Crippen molar-refractivity contribution in [2.45, 2.75) is 13.5 Å². The third-order valence-electron chi connectivity index (χ3n) is 3.22. The molecule has 1 amide bonds. The second-order valence-corrected chi connectivity index (χ2v) is 6.89. The number of carbonyl (C=O) groups is 1. The Morgan fingerprint density at radius 2 is 2.04 bits per heavy atom. The van der Waals surface area contributed by atoms with E-state index in [1.165, 1.54) is 32.4 Å². The highest BCUT2D eigenvalue weighted by Crippen LogP contribution is 2.29. The van der Waals surface area contributed by atoms with E-state index >= 15 is 0 Å². The number of methoxy groups -OCH3 is 1. The molecule has 0 saturated carbocycles. The van der Waals surface area contributed by atoms with Crippen molar-refractivity contribution >= 4 is 39.7 Å². The summed E-state index contributed by atoms with van der Waals surface area (Å²) < 4.78 is 36.0. The minimum atomic E-state index is -3.43. The van der Waals surface area contributed by atoms with E-state index in [0.29, 0.717) is 28.4 Å². The van der Waals surface area contributed by atoms with Gasteiger partial charge in [0.15, 0.2) is 0 Å². The lowest BCUT2D eigenvalue weighted by atomic mass is 10.2. The van der Waals surface area contributed by atoms with Gasteiger partial charge in [0.05, 0.1) is 30.7 Å². The number of rotatable bonds is 7. The summed E-state index contributed by atoms with van der Waals surface area (Å²) in [6.45, 7) is 1.73. The van der Waals surface area contributed by atoms with E-state index in [-0.39, 0.29) is 30.6 Å². The number of anilines is 2. The summed E-state index contributed by atoms with van der Waals surface area (Å²) in [6.07, 6.45) is 1.32. The fourth-order valence-corrected chi connectivity index (χ4v) is 2.55. The third-order valence-corrected chi connectivity index (χ3v) is 4.51. The van der Waals surface area contributed by atoms with Gasteiger partial charge in [0.2, 0.25) is 10.0 Å². The van der Waals surface area contributed by atoms with Crippen LogP contribution in [0.3, 0.4) is 0 Å². The van der Waals surface area contributed by atoms with Gasteiger partial charge in [0.25, 0.3) is 5.91 Å². The molecule has 0 saturated heterocycles. The molecular weight excluding hydrogens is 370 g/mol. The molecule has 0 fully saturated rings. The van der Waals surface area contributed by atoms with Gasteiger partial charge in [-0.2, -0.15) is 0 Å². The van der Waals surface area contributed by atoms with Crippen molar-refractivity contribution in [2.24, 2.45) is 5.73 Å². The molecule has 0 bridgehead atoms. The van der Waals surface area contributed by atoms with Crippen LogP contribution in [0.4, 0.5) is 11.4 Å². The lowest BCUT2D eigenvalue weighted by Gasteiger charge is -2.12. The first-order valence-corrected chi connectivity index (χ1v) is 8.81. The van der Waals surface area contributed by atoms with E-state index in [1.54, 1.807) is 12.1 Å². The van der Waals surface area contributed by atoms with Gasteiger partial charge in [-0.1, -0.05) is 0 Å². The number of halogens is 1. The molecule has 1 aromatic carbocycles. The average Bonchev–Trinajstić information content (AvgIpc) is 3.05. The van der Waals surface area contributed by atoms with Crippen LogP contribution in [0.5, 0.6) is 5.75 Å². The van der Waals surface area contributed by atoms with Crippen molar-refractivity contribution in [3.05, 3.63) is 41.9 Å². The first kappa shape index (κ1) is 20.8. The largest absolute Gasteiger partial charge is 0.494 e. The molecule has 8 nitrogen and oxygen atoms in total. The molecule has 0 atom stereocenters. The van der Waals surface area contributed by atoms with Crippen LogP contribution in [-0.4, -0.2) is 27.2 Å². The lowest BCUT2D eigenvalue weighted by molar-refractivity contribution is 0.102. The van der Waals surface area contributed by atoms with Gasteiger partial charge in [-0.15, -0.1) is 12.4 Å². The number of amides is 1. The summed E-state index contributed by atoms with van der Waals surface area (Å²) in [5.74, 6) is 0.364. The van der Waals surface area contributed by atoms with Crippen LogP contribution in [0.1, 0.15) is 23.0 Å². The Balaban J connectivity index is 0.00000312. The Kier molecular flexibility index (Phi) is 7.28. The molecule has 0 radical (unpaired) electrons. The van der Waals surface area contributed by atoms with Gasteiger partial charge in [-0.3, -0.25) is 9.52 Å². The summed E-state index contributed by atoms with van der Waals surface area (Å²) in [5, 5.41) is 2.68. The third kappa shape index (κ3) is 5.38. The standard InChI is InChI=1S/C15H19N3O5S.ClH/c1-3-24(20,21)18-13-5-4-11(7-14(13)22-2)17-15(19)10-6-12(8-16)23-9-10;/h4-7,9,18H,3,8,16H2,1-2H3,(H,17,19);1H. The normalized spacial score (nSPS) is 10.7. The van der Waals surface area contributed by atoms with Crippen LogP contribution in [0.15, 0.2) is 34.9 Å². The number of hydrogen-bond acceptors (Lipinski definition) is 6. The molecule has 0 spiro atoms. The van der Waals surface area contributed by atoms with Gasteiger partial charge in [0, 0.05) is 11.8 Å². The number of benzene rings is 1. The summed E-state index contributed by atoms with van der Waals surface area (Å²) in [5.41, 5.74) is 6.52. The summed E-state index contributed by atoms with van der Waals surface area (Å²) in [6, 6.07) is 6.16. The zero-order valence-corrected chi connectivity index (χ0v) is 15.4. The van der Waals surface area contributed by atoms with Crippen molar-refractivity contribution in [1.29, 1.82) is 0 Å². The number of carbonyl (C=O) groups excluding carboxylic acids is 1. The minimum Gasteiger partial charge on any atom is -0.494 e. The highest BCUT2D eigenvalue weighted by atomic mass is 35.5. The molecule has 0 aliphatic heterocycles. The summed E-state index contributed by atoms with van der Waals surface area (Å²) in [4.78, 5) is 12.1. The maximum atomic E-state index is 12.1. The fourth-order valence-electron chi connectivity index (χ4n) is 1.90. The number of furan rings is 1. The van der Waals surface area contributed by atoms with E-state index in [9.17, 15) is 13.2 Å². The van der Waals surface area contributed by atoms with Gasteiger partial charge in [-0.05, 0) is 25.1 Å².